The number of nitrogens with zero attached hydrogens (tertiary/aromatic N) is 2. The second kappa shape index (κ2) is 17.9. The first-order valence-corrected chi connectivity index (χ1v) is 18.9. The average molecular weight is 773 g/mol. The van der Waals surface area contributed by atoms with Crippen LogP contribution in [0, 0.1) is 18.7 Å². The molecule has 1 aliphatic carbocycles. The summed E-state index contributed by atoms with van der Waals surface area (Å²) in [7, 11) is 0. The minimum absolute atomic E-state index is 0.0701. The number of nitrogens with one attached hydrogen (secondary N) is 3. The average Bonchev–Trinajstić information content (AvgIpc) is 3.56. The highest BCUT2D eigenvalue weighted by atomic mass is 19.1. The molecular formula is C41H49FN6O8. The first-order valence-electron chi connectivity index (χ1n) is 18.9. The number of cyclic esters (lactones) is 1. The first kappa shape index (κ1) is 41.5. The third-order valence-electron chi connectivity index (χ3n) is 9.96. The van der Waals surface area contributed by atoms with Crippen LogP contribution >= 0.6 is 0 Å². The lowest BCUT2D eigenvalue weighted by Gasteiger charge is -2.22. The van der Waals surface area contributed by atoms with Crippen LogP contribution in [0.25, 0.3) is 22.3 Å². The first-order chi connectivity index (χ1) is 26.8. The van der Waals surface area contributed by atoms with Crippen molar-refractivity contribution in [3.05, 3.63) is 91.5 Å². The highest BCUT2D eigenvalue weighted by molar-refractivity contribution is 5.95. The smallest absolute Gasteiger partial charge is 0.404 e. The molecule has 3 amide bonds. The van der Waals surface area contributed by atoms with Crippen LogP contribution in [0.5, 0.6) is 0 Å². The number of aliphatic hydroxyl groups is 1. The summed E-state index contributed by atoms with van der Waals surface area (Å²) in [5.74, 6) is -1.44. The van der Waals surface area contributed by atoms with Gasteiger partial charge >= 0.3 is 12.1 Å². The van der Waals surface area contributed by atoms with Crippen molar-refractivity contribution in [2.75, 3.05) is 18.4 Å². The van der Waals surface area contributed by atoms with E-state index in [-0.39, 0.29) is 60.5 Å². The van der Waals surface area contributed by atoms with Crippen LogP contribution in [0.4, 0.5) is 14.9 Å². The van der Waals surface area contributed by atoms with Gasteiger partial charge in [0.1, 0.15) is 19.0 Å². The van der Waals surface area contributed by atoms with Crippen LogP contribution in [-0.4, -0.2) is 57.7 Å². The molecule has 4 heterocycles. The Bertz CT molecular complexity index is 2220. The van der Waals surface area contributed by atoms with Gasteiger partial charge in [-0.25, -0.2) is 19.0 Å². The fourth-order valence-corrected chi connectivity index (χ4v) is 7.24. The number of aliphatic hydroxyl groups excluding tert-OH is 1. The van der Waals surface area contributed by atoms with Crippen molar-refractivity contribution in [1.82, 2.24) is 20.2 Å². The molecule has 0 radical (unpaired) electrons. The number of likely N-dealkylation sites (N-methyl/N-ethyl adjacent to an activating group) is 1. The normalized spacial score (nSPS) is 15.2. The molecule has 2 aromatic heterocycles. The number of rotatable bonds is 9. The Hall–Kier alpha value is -5.67. The zero-order valence-electron chi connectivity index (χ0n) is 32.5. The van der Waals surface area contributed by atoms with E-state index in [2.05, 4.69) is 20.7 Å². The number of fused-ring (bicyclic) bond motifs is 5. The van der Waals surface area contributed by atoms with Gasteiger partial charge in [-0.15, -0.1) is 0 Å². The number of hydrogen-bond donors (Lipinski definition) is 5. The Morgan fingerprint density at radius 3 is 2.43 bits per heavy atom. The molecule has 0 spiro atoms. The zero-order valence-corrected chi connectivity index (χ0v) is 32.5. The second-order valence-corrected chi connectivity index (χ2v) is 13.8. The van der Waals surface area contributed by atoms with E-state index in [1.54, 1.807) is 41.8 Å². The van der Waals surface area contributed by atoms with Crippen LogP contribution in [0.15, 0.2) is 41.2 Å². The molecule has 0 fully saturated rings. The van der Waals surface area contributed by atoms with Gasteiger partial charge in [-0.05, 0) is 79.1 Å². The van der Waals surface area contributed by atoms with E-state index in [9.17, 15) is 33.5 Å². The van der Waals surface area contributed by atoms with Crippen LogP contribution in [0.1, 0.15) is 86.1 Å². The molecule has 2 atom stereocenters. The third kappa shape index (κ3) is 8.58. The van der Waals surface area contributed by atoms with Gasteiger partial charge < -0.3 is 40.8 Å². The third-order valence-corrected chi connectivity index (χ3v) is 9.96. The van der Waals surface area contributed by atoms with Crippen molar-refractivity contribution in [3.63, 3.8) is 0 Å². The monoisotopic (exact) mass is 772 g/mol. The van der Waals surface area contributed by atoms with Crippen molar-refractivity contribution < 1.29 is 38.1 Å². The molecule has 2 aliphatic heterocycles. The Morgan fingerprint density at radius 2 is 1.77 bits per heavy atom. The number of pyridine rings is 2. The minimum atomic E-state index is -1.48. The van der Waals surface area contributed by atoms with Crippen molar-refractivity contribution in [2.24, 2.45) is 11.7 Å². The van der Waals surface area contributed by atoms with Gasteiger partial charge in [0.2, 0.25) is 11.8 Å². The summed E-state index contributed by atoms with van der Waals surface area (Å²) in [6, 6.07) is 9.56. The number of benzene rings is 2. The number of halogens is 1. The molecule has 15 heteroatoms. The molecule has 0 bridgehead atoms. The molecule has 2 aromatic carbocycles. The number of nitrogens with two attached hydrogens (primary N) is 1. The number of anilines is 1. The summed E-state index contributed by atoms with van der Waals surface area (Å²) in [6.07, 6.45) is 0.273. The molecule has 7 rings (SSSR count). The molecule has 3 aliphatic rings. The lowest BCUT2D eigenvalue weighted by Crippen LogP contribution is -2.49. The predicted molar refractivity (Wildman–Crippen MR) is 208 cm³/mol. The van der Waals surface area contributed by atoms with Gasteiger partial charge in [-0.3, -0.25) is 14.4 Å². The van der Waals surface area contributed by atoms with E-state index < -0.39 is 18.2 Å². The van der Waals surface area contributed by atoms with Gasteiger partial charge in [0.15, 0.2) is 6.10 Å². The summed E-state index contributed by atoms with van der Waals surface area (Å²) in [5.41, 5.74) is 12.1. The lowest BCUT2D eigenvalue weighted by molar-refractivity contribution is -0.157. The Morgan fingerprint density at radius 1 is 1.07 bits per heavy atom. The van der Waals surface area contributed by atoms with E-state index >= 15 is 0 Å². The SMILES string of the molecule is CC.CCNC(C(=O)NCC(=O)Nc1ccc(COC(N)=O)cc1)C(C)C.Cc1c(F)cc2nc3c(c4c2c1CCC4)Cn1c-3cc2c(c1=O)COC(=O)C2O. The molecule has 0 saturated carbocycles. The predicted octanol–water partition coefficient (Wildman–Crippen LogP) is 4.45. The minimum Gasteiger partial charge on any atom is -0.458 e. The molecule has 56 heavy (non-hydrogen) atoms. The van der Waals surface area contributed by atoms with Crippen LogP contribution in [-0.2, 0) is 56.5 Å². The maximum atomic E-state index is 14.5. The van der Waals surface area contributed by atoms with Crippen molar-refractivity contribution >= 4 is 40.5 Å². The molecule has 2 unspecified atom stereocenters. The Kier molecular flexibility index (Phi) is 13.2. The standard InChI is InChI=1S/C22H17FN2O4.C17H26N4O4.C2H6/c1-9-10-3-2-4-11-13-7-25-17(19(13)24-16(18(10)11)6-15(9)23)5-12-14(21(25)27)8-29-22(28)20(12)26;1-4-19-15(11(2)3)16(23)20-9-14(22)21-13-7-5-12(6-8-13)10-25-17(18)24;1-2/h5-6,20,26H,2-4,7-8H2,1H3;5-8,11,15,19H,4,9-10H2,1-3H3,(H2,18,24)(H,20,23)(H,21,22);1-2H3. The van der Waals surface area contributed by atoms with E-state index in [0.717, 1.165) is 46.9 Å². The number of aryl methyl sites for hydroxylation is 2. The number of esters is 1. The molecule has 14 nitrogen and oxygen atoms in total. The Labute approximate surface area is 324 Å². The summed E-state index contributed by atoms with van der Waals surface area (Å²) >= 11 is 0. The summed E-state index contributed by atoms with van der Waals surface area (Å²) in [5, 5.41) is 19.6. The van der Waals surface area contributed by atoms with E-state index in [1.807, 2.05) is 34.6 Å². The quantitative estimate of drug-likeness (QED) is 0.133. The van der Waals surface area contributed by atoms with E-state index in [1.165, 1.54) is 6.07 Å². The van der Waals surface area contributed by atoms with Crippen LogP contribution in [0.2, 0.25) is 0 Å². The van der Waals surface area contributed by atoms with Crippen LogP contribution < -0.4 is 27.2 Å². The Balaban J connectivity index is 0.000000208. The fourth-order valence-electron chi connectivity index (χ4n) is 7.24. The largest absolute Gasteiger partial charge is 0.458 e. The van der Waals surface area contributed by atoms with Gasteiger partial charge in [0.05, 0.1) is 41.6 Å². The van der Waals surface area contributed by atoms with Gasteiger partial charge in [-0.2, -0.15) is 0 Å². The second-order valence-electron chi connectivity index (χ2n) is 13.8. The number of carbonyl (C=O) groups is 4. The maximum absolute atomic E-state index is 14.5. The summed E-state index contributed by atoms with van der Waals surface area (Å²) < 4.78 is 25.7. The van der Waals surface area contributed by atoms with E-state index in [0.29, 0.717) is 46.8 Å². The summed E-state index contributed by atoms with van der Waals surface area (Å²) in [4.78, 5) is 64.2. The number of amides is 3. The number of hydrogen-bond acceptors (Lipinski definition) is 10. The van der Waals surface area contributed by atoms with Crippen molar-refractivity contribution in [1.29, 1.82) is 0 Å². The van der Waals surface area contributed by atoms with Gasteiger partial charge in [0.25, 0.3) is 5.56 Å². The van der Waals surface area contributed by atoms with Gasteiger partial charge in [0, 0.05) is 28.3 Å². The lowest BCUT2D eigenvalue weighted by atomic mass is 9.85. The molecule has 4 aromatic rings. The number of carbonyl (C=O) groups excluding carboxylic acids is 4. The molecule has 6 N–H and O–H groups in total. The number of primary amides is 1. The molecular weight excluding hydrogens is 723 g/mol. The number of ether oxygens (including phenoxy) is 2. The van der Waals surface area contributed by atoms with E-state index in [4.69, 9.17) is 15.5 Å². The topological polar surface area (TPSA) is 204 Å². The van der Waals surface area contributed by atoms with Crippen LogP contribution in [0.3, 0.4) is 0 Å². The molecule has 298 valence electrons. The maximum Gasteiger partial charge on any atom is 0.404 e. The summed E-state index contributed by atoms with van der Waals surface area (Å²) in [6.45, 7) is 12.5. The highest BCUT2D eigenvalue weighted by Crippen LogP contribution is 2.42. The van der Waals surface area contributed by atoms with Crippen molar-refractivity contribution in [3.8, 4) is 11.4 Å². The highest BCUT2D eigenvalue weighted by Gasteiger charge is 2.35. The van der Waals surface area contributed by atoms with Gasteiger partial charge in [-0.1, -0.05) is 46.8 Å². The number of aromatic nitrogens is 2. The van der Waals surface area contributed by atoms with Crippen molar-refractivity contribution in [2.45, 2.75) is 92.7 Å². The zero-order chi connectivity index (χ0) is 40.8. The fraction of sp³-hybridized carbons (Fsp3) is 0.415. The molecule has 0 saturated heterocycles.